The predicted octanol–water partition coefficient (Wildman–Crippen LogP) is 4.55. The van der Waals surface area contributed by atoms with Gasteiger partial charge in [-0.2, -0.15) is 0 Å². The monoisotopic (exact) mass is 353 g/mol. The van der Waals surface area contributed by atoms with Gasteiger partial charge < -0.3 is 10.1 Å². The highest BCUT2D eigenvalue weighted by atomic mass is 79.9. The summed E-state index contributed by atoms with van der Waals surface area (Å²) < 4.78 is 6.28. The summed E-state index contributed by atoms with van der Waals surface area (Å²) in [5, 5.41) is 3.63. The third-order valence-corrected chi connectivity index (χ3v) is 4.60. The Hall–Kier alpha value is -1.03. The Balaban J connectivity index is 2.01. The van der Waals surface area contributed by atoms with Gasteiger partial charge in [0.15, 0.2) is 0 Å². The zero-order chi connectivity index (χ0) is 15.2. The van der Waals surface area contributed by atoms with E-state index in [1.807, 2.05) is 6.92 Å². The van der Waals surface area contributed by atoms with E-state index < -0.39 is 0 Å². The van der Waals surface area contributed by atoms with Crippen molar-refractivity contribution < 1.29 is 9.53 Å². The molecule has 3 nitrogen and oxygen atoms in total. The Morgan fingerprint density at radius 2 is 2.19 bits per heavy atom. The van der Waals surface area contributed by atoms with Crippen LogP contribution in [-0.2, 0) is 16.0 Å². The van der Waals surface area contributed by atoms with Crippen LogP contribution < -0.4 is 5.32 Å². The zero-order valence-corrected chi connectivity index (χ0v) is 14.4. The third kappa shape index (κ3) is 4.47. The second-order valence-corrected chi connectivity index (χ2v) is 6.53. The molecular weight excluding hydrogens is 330 g/mol. The highest BCUT2D eigenvalue weighted by Gasteiger charge is 2.28. The van der Waals surface area contributed by atoms with Gasteiger partial charge in [0, 0.05) is 16.2 Å². The highest BCUT2D eigenvalue weighted by Crippen LogP contribution is 2.29. The summed E-state index contributed by atoms with van der Waals surface area (Å²) in [6.45, 7) is 4.50. The number of aryl methyl sites for hydroxylation is 1. The van der Waals surface area contributed by atoms with E-state index in [2.05, 4.69) is 46.4 Å². The normalized spacial score (nSPS) is 21.9. The van der Waals surface area contributed by atoms with Gasteiger partial charge in [-0.25, -0.2) is 0 Å². The number of anilines is 1. The number of carbonyl (C=O) groups is 1. The van der Waals surface area contributed by atoms with Crippen molar-refractivity contribution in [3.05, 3.63) is 28.2 Å². The van der Waals surface area contributed by atoms with Gasteiger partial charge in [-0.3, -0.25) is 4.79 Å². The first-order valence-electron chi connectivity index (χ1n) is 7.85. The minimum Gasteiger partial charge on any atom is -0.466 e. The summed E-state index contributed by atoms with van der Waals surface area (Å²) in [7, 11) is 0. The summed E-state index contributed by atoms with van der Waals surface area (Å²) in [6, 6.07) is 6.71. The molecule has 0 bridgehead atoms. The van der Waals surface area contributed by atoms with E-state index in [1.54, 1.807) is 0 Å². The molecule has 0 saturated heterocycles. The summed E-state index contributed by atoms with van der Waals surface area (Å²) in [5.74, 6) is 0.0206. The van der Waals surface area contributed by atoms with E-state index in [0.717, 1.165) is 36.6 Å². The van der Waals surface area contributed by atoms with E-state index >= 15 is 0 Å². The van der Waals surface area contributed by atoms with E-state index in [1.165, 1.54) is 11.3 Å². The Kier molecular flexibility index (Phi) is 6.09. The first-order chi connectivity index (χ1) is 10.1. The molecular formula is C17H24BrNO2. The molecule has 1 aliphatic carbocycles. The van der Waals surface area contributed by atoms with Crippen molar-refractivity contribution in [3.8, 4) is 0 Å². The van der Waals surface area contributed by atoms with Gasteiger partial charge in [-0.05, 0) is 56.4 Å². The lowest BCUT2D eigenvalue weighted by atomic mass is 9.85. The molecule has 0 aromatic heterocycles. The highest BCUT2D eigenvalue weighted by molar-refractivity contribution is 9.10. The van der Waals surface area contributed by atoms with E-state index in [4.69, 9.17) is 4.74 Å². The molecule has 0 radical (unpaired) electrons. The van der Waals surface area contributed by atoms with Crippen LogP contribution in [-0.4, -0.2) is 18.6 Å². The number of benzene rings is 1. The predicted molar refractivity (Wildman–Crippen MR) is 89.5 cm³/mol. The fourth-order valence-corrected chi connectivity index (χ4v) is 3.42. The Morgan fingerprint density at radius 1 is 1.38 bits per heavy atom. The molecule has 1 aliphatic rings. The molecule has 0 heterocycles. The van der Waals surface area contributed by atoms with Crippen molar-refractivity contribution in [1.82, 2.24) is 0 Å². The van der Waals surface area contributed by atoms with Crippen LogP contribution in [0.5, 0.6) is 0 Å². The SMILES string of the molecule is CCOC(=O)C1CCCC(Nc2ccc(Br)cc2CC)C1. The van der Waals surface area contributed by atoms with E-state index in [-0.39, 0.29) is 11.9 Å². The van der Waals surface area contributed by atoms with Crippen molar-refractivity contribution in [1.29, 1.82) is 0 Å². The number of halogens is 1. The molecule has 1 saturated carbocycles. The molecule has 1 aromatic carbocycles. The fourth-order valence-electron chi connectivity index (χ4n) is 3.01. The van der Waals surface area contributed by atoms with Crippen LogP contribution in [0.25, 0.3) is 0 Å². The topological polar surface area (TPSA) is 38.3 Å². The molecule has 1 aromatic rings. The van der Waals surface area contributed by atoms with Gasteiger partial charge >= 0.3 is 5.97 Å². The minimum atomic E-state index is -0.0319. The molecule has 1 fully saturated rings. The third-order valence-electron chi connectivity index (χ3n) is 4.10. The zero-order valence-electron chi connectivity index (χ0n) is 12.8. The van der Waals surface area contributed by atoms with Crippen molar-refractivity contribution in [2.75, 3.05) is 11.9 Å². The number of esters is 1. The van der Waals surface area contributed by atoms with Gasteiger partial charge in [0.25, 0.3) is 0 Å². The van der Waals surface area contributed by atoms with Crippen LogP contribution in [0.1, 0.15) is 45.1 Å². The number of hydrogen-bond donors (Lipinski definition) is 1. The van der Waals surface area contributed by atoms with E-state index in [9.17, 15) is 4.79 Å². The largest absolute Gasteiger partial charge is 0.466 e. The summed E-state index contributed by atoms with van der Waals surface area (Å²) in [6.07, 6.45) is 5.03. The summed E-state index contributed by atoms with van der Waals surface area (Å²) >= 11 is 3.52. The maximum atomic E-state index is 11.9. The lowest BCUT2D eigenvalue weighted by Crippen LogP contribution is -2.32. The van der Waals surface area contributed by atoms with Crippen LogP contribution in [0.15, 0.2) is 22.7 Å². The quantitative estimate of drug-likeness (QED) is 0.789. The second kappa shape index (κ2) is 7.83. The smallest absolute Gasteiger partial charge is 0.308 e. The first-order valence-corrected chi connectivity index (χ1v) is 8.65. The molecule has 21 heavy (non-hydrogen) atoms. The molecule has 2 unspecified atom stereocenters. The van der Waals surface area contributed by atoms with Gasteiger partial charge in [0.1, 0.15) is 0 Å². The molecule has 0 spiro atoms. The van der Waals surface area contributed by atoms with Crippen molar-refractivity contribution in [3.63, 3.8) is 0 Å². The fraction of sp³-hybridized carbons (Fsp3) is 0.588. The Morgan fingerprint density at radius 3 is 2.90 bits per heavy atom. The van der Waals surface area contributed by atoms with Crippen LogP contribution in [0.3, 0.4) is 0 Å². The molecule has 116 valence electrons. The van der Waals surface area contributed by atoms with Crippen molar-refractivity contribution >= 4 is 27.6 Å². The molecule has 0 aliphatic heterocycles. The van der Waals surface area contributed by atoms with Crippen LogP contribution in [0, 0.1) is 5.92 Å². The molecule has 1 N–H and O–H groups in total. The van der Waals surface area contributed by atoms with Crippen molar-refractivity contribution in [2.45, 2.75) is 52.0 Å². The Labute approximate surface area is 135 Å². The lowest BCUT2D eigenvalue weighted by Gasteiger charge is -2.29. The number of rotatable bonds is 5. The number of carbonyl (C=O) groups excluding carboxylic acids is 1. The lowest BCUT2D eigenvalue weighted by molar-refractivity contribution is -0.149. The molecule has 4 heteroatoms. The molecule has 0 amide bonds. The first kappa shape index (κ1) is 16.3. The van der Waals surface area contributed by atoms with Gasteiger partial charge in [0.05, 0.1) is 12.5 Å². The average molecular weight is 354 g/mol. The molecule has 2 atom stereocenters. The number of hydrogen-bond acceptors (Lipinski definition) is 3. The Bertz CT molecular complexity index is 490. The number of ether oxygens (including phenoxy) is 1. The second-order valence-electron chi connectivity index (χ2n) is 5.61. The maximum Gasteiger partial charge on any atom is 0.308 e. The van der Waals surface area contributed by atoms with Gasteiger partial charge in [-0.1, -0.05) is 29.3 Å². The summed E-state index contributed by atoms with van der Waals surface area (Å²) in [5.41, 5.74) is 2.50. The van der Waals surface area contributed by atoms with Crippen LogP contribution >= 0.6 is 15.9 Å². The van der Waals surface area contributed by atoms with Crippen LogP contribution in [0.2, 0.25) is 0 Å². The van der Waals surface area contributed by atoms with Crippen molar-refractivity contribution in [2.24, 2.45) is 5.92 Å². The van der Waals surface area contributed by atoms with Gasteiger partial charge in [0.2, 0.25) is 0 Å². The van der Waals surface area contributed by atoms with E-state index in [0.29, 0.717) is 12.6 Å². The van der Waals surface area contributed by atoms with Crippen LogP contribution in [0.4, 0.5) is 5.69 Å². The maximum absolute atomic E-state index is 11.9. The minimum absolute atomic E-state index is 0.0319. The average Bonchev–Trinajstić information content (AvgIpc) is 2.49. The standard InChI is InChI=1S/C17H24BrNO2/c1-3-12-10-14(18)8-9-16(12)19-15-7-5-6-13(11-15)17(20)21-4-2/h8-10,13,15,19H,3-7,11H2,1-2H3. The molecule has 2 rings (SSSR count). The number of nitrogens with one attached hydrogen (secondary N) is 1. The summed E-state index contributed by atoms with van der Waals surface area (Å²) in [4.78, 5) is 11.9. The van der Waals surface area contributed by atoms with Gasteiger partial charge in [-0.15, -0.1) is 0 Å².